The number of pyridine rings is 1. The SMILES string of the molecule is CC(=O)Oc1ccc2c(-c3ccccc3)cc(=O)[nH]c2c1. The zero-order chi connectivity index (χ0) is 14.8. The highest BCUT2D eigenvalue weighted by atomic mass is 16.5. The van der Waals surface area contributed by atoms with Crippen LogP contribution < -0.4 is 10.3 Å². The molecule has 0 radical (unpaired) electrons. The summed E-state index contributed by atoms with van der Waals surface area (Å²) in [6.07, 6.45) is 0. The maximum absolute atomic E-state index is 11.8. The predicted octanol–water partition coefficient (Wildman–Crippen LogP) is 3.12. The topological polar surface area (TPSA) is 59.2 Å². The fourth-order valence-corrected chi connectivity index (χ4v) is 2.33. The maximum atomic E-state index is 11.8. The number of aromatic nitrogens is 1. The minimum Gasteiger partial charge on any atom is -0.427 e. The van der Waals surface area contributed by atoms with Crippen LogP contribution in [0.3, 0.4) is 0 Å². The second-order valence-electron chi connectivity index (χ2n) is 4.71. The predicted molar refractivity (Wildman–Crippen MR) is 81.3 cm³/mol. The van der Waals surface area contributed by atoms with E-state index < -0.39 is 5.97 Å². The van der Waals surface area contributed by atoms with Crippen LogP contribution in [0.5, 0.6) is 5.75 Å². The number of nitrogens with one attached hydrogen (secondary N) is 1. The molecule has 1 heterocycles. The average Bonchev–Trinajstić information content (AvgIpc) is 2.46. The largest absolute Gasteiger partial charge is 0.427 e. The average molecular weight is 279 g/mol. The molecule has 0 aliphatic heterocycles. The number of carbonyl (C=O) groups is 1. The summed E-state index contributed by atoms with van der Waals surface area (Å²) in [4.78, 5) is 25.6. The van der Waals surface area contributed by atoms with E-state index in [0.29, 0.717) is 11.3 Å². The molecular weight excluding hydrogens is 266 g/mol. The molecule has 2 aromatic carbocycles. The quantitative estimate of drug-likeness (QED) is 0.579. The van der Waals surface area contributed by atoms with Gasteiger partial charge in [0.05, 0.1) is 5.52 Å². The summed E-state index contributed by atoms with van der Waals surface area (Å²) in [6.45, 7) is 1.34. The van der Waals surface area contributed by atoms with Crippen molar-refractivity contribution in [2.24, 2.45) is 0 Å². The summed E-state index contributed by atoms with van der Waals surface area (Å²) in [5.41, 5.74) is 2.26. The van der Waals surface area contributed by atoms with Crippen molar-refractivity contribution in [2.75, 3.05) is 0 Å². The third-order valence-electron chi connectivity index (χ3n) is 3.16. The lowest BCUT2D eigenvalue weighted by Gasteiger charge is -2.08. The molecule has 1 aromatic heterocycles. The van der Waals surface area contributed by atoms with Gasteiger partial charge in [0.15, 0.2) is 0 Å². The first-order valence-electron chi connectivity index (χ1n) is 6.54. The van der Waals surface area contributed by atoms with E-state index in [-0.39, 0.29) is 5.56 Å². The van der Waals surface area contributed by atoms with Crippen molar-refractivity contribution in [3.05, 3.63) is 65.0 Å². The van der Waals surface area contributed by atoms with Gasteiger partial charge in [-0.15, -0.1) is 0 Å². The van der Waals surface area contributed by atoms with Crippen molar-refractivity contribution < 1.29 is 9.53 Å². The van der Waals surface area contributed by atoms with Gasteiger partial charge in [0, 0.05) is 24.4 Å². The fourth-order valence-electron chi connectivity index (χ4n) is 2.33. The van der Waals surface area contributed by atoms with Crippen molar-refractivity contribution >= 4 is 16.9 Å². The van der Waals surface area contributed by atoms with Gasteiger partial charge in [-0.2, -0.15) is 0 Å². The number of rotatable bonds is 2. The number of esters is 1. The molecule has 0 saturated carbocycles. The van der Waals surface area contributed by atoms with E-state index in [1.165, 1.54) is 6.92 Å². The first-order valence-corrected chi connectivity index (χ1v) is 6.54. The minimum absolute atomic E-state index is 0.193. The summed E-state index contributed by atoms with van der Waals surface area (Å²) in [5.74, 6) is 0.0202. The number of aromatic amines is 1. The second kappa shape index (κ2) is 5.25. The molecule has 0 amide bonds. The van der Waals surface area contributed by atoms with Crippen molar-refractivity contribution in [1.29, 1.82) is 0 Å². The Balaban J connectivity index is 2.22. The zero-order valence-corrected chi connectivity index (χ0v) is 11.4. The Morgan fingerprint density at radius 1 is 1.05 bits per heavy atom. The summed E-state index contributed by atoms with van der Waals surface area (Å²) in [5, 5.41) is 0.900. The molecule has 3 rings (SSSR count). The number of hydrogen-bond acceptors (Lipinski definition) is 3. The van der Waals surface area contributed by atoms with Gasteiger partial charge in [0.1, 0.15) is 5.75 Å². The maximum Gasteiger partial charge on any atom is 0.308 e. The highest BCUT2D eigenvalue weighted by Gasteiger charge is 2.07. The van der Waals surface area contributed by atoms with Gasteiger partial charge in [-0.3, -0.25) is 9.59 Å². The molecule has 3 aromatic rings. The highest BCUT2D eigenvalue weighted by Crippen LogP contribution is 2.28. The number of H-pyrrole nitrogens is 1. The number of fused-ring (bicyclic) bond motifs is 1. The normalized spacial score (nSPS) is 10.5. The molecular formula is C17H13NO3. The van der Waals surface area contributed by atoms with Gasteiger partial charge < -0.3 is 9.72 Å². The number of ether oxygens (including phenoxy) is 1. The lowest BCUT2D eigenvalue weighted by molar-refractivity contribution is -0.131. The van der Waals surface area contributed by atoms with Crippen LogP contribution >= 0.6 is 0 Å². The monoisotopic (exact) mass is 279 g/mol. The van der Waals surface area contributed by atoms with E-state index in [0.717, 1.165) is 16.5 Å². The molecule has 21 heavy (non-hydrogen) atoms. The van der Waals surface area contributed by atoms with Crippen LogP contribution in [0.15, 0.2) is 59.4 Å². The standard InChI is InChI=1S/C17H13NO3/c1-11(19)21-13-7-8-14-15(12-5-3-2-4-6-12)10-17(20)18-16(14)9-13/h2-10H,1H3,(H,18,20). The lowest BCUT2D eigenvalue weighted by Crippen LogP contribution is -2.06. The Morgan fingerprint density at radius 3 is 2.52 bits per heavy atom. The summed E-state index contributed by atoms with van der Waals surface area (Å²) < 4.78 is 5.05. The molecule has 0 aliphatic carbocycles. The fraction of sp³-hybridized carbons (Fsp3) is 0.0588. The molecule has 1 N–H and O–H groups in total. The first-order chi connectivity index (χ1) is 10.1. The molecule has 0 fully saturated rings. The number of benzene rings is 2. The van der Waals surface area contributed by atoms with Gasteiger partial charge in [0.25, 0.3) is 0 Å². The van der Waals surface area contributed by atoms with E-state index in [9.17, 15) is 9.59 Å². The summed E-state index contributed by atoms with van der Waals surface area (Å²) in [7, 11) is 0. The van der Waals surface area contributed by atoms with E-state index in [1.807, 2.05) is 36.4 Å². The Hall–Kier alpha value is -2.88. The minimum atomic E-state index is -0.393. The van der Waals surface area contributed by atoms with Crippen molar-refractivity contribution in [2.45, 2.75) is 6.92 Å². The molecule has 0 bridgehead atoms. The summed E-state index contributed by atoms with van der Waals surface area (Å²) >= 11 is 0. The van der Waals surface area contributed by atoms with Crippen LogP contribution in [-0.4, -0.2) is 11.0 Å². The Labute approximate surface area is 121 Å². The Bertz CT molecular complexity index is 866. The third-order valence-corrected chi connectivity index (χ3v) is 3.16. The molecule has 0 unspecified atom stereocenters. The second-order valence-corrected chi connectivity index (χ2v) is 4.71. The molecule has 0 spiro atoms. The van der Waals surface area contributed by atoms with Gasteiger partial charge in [-0.1, -0.05) is 30.3 Å². The molecule has 104 valence electrons. The van der Waals surface area contributed by atoms with Crippen molar-refractivity contribution in [3.63, 3.8) is 0 Å². The molecule has 4 nitrogen and oxygen atoms in total. The first kappa shape index (κ1) is 13.1. The Kier molecular flexibility index (Phi) is 3.28. The van der Waals surface area contributed by atoms with Crippen molar-refractivity contribution in [3.8, 4) is 16.9 Å². The molecule has 0 saturated heterocycles. The lowest BCUT2D eigenvalue weighted by atomic mass is 10.0. The summed E-state index contributed by atoms with van der Waals surface area (Å²) in [6, 6.07) is 16.5. The van der Waals surface area contributed by atoms with E-state index in [2.05, 4.69) is 4.98 Å². The van der Waals surface area contributed by atoms with Gasteiger partial charge in [0.2, 0.25) is 5.56 Å². The van der Waals surface area contributed by atoms with Crippen LogP contribution in [-0.2, 0) is 4.79 Å². The molecule has 0 atom stereocenters. The van der Waals surface area contributed by atoms with Crippen LogP contribution in [0.2, 0.25) is 0 Å². The zero-order valence-electron chi connectivity index (χ0n) is 11.4. The Morgan fingerprint density at radius 2 is 1.81 bits per heavy atom. The van der Waals surface area contributed by atoms with Crippen LogP contribution in [0.25, 0.3) is 22.0 Å². The van der Waals surface area contributed by atoms with E-state index >= 15 is 0 Å². The van der Waals surface area contributed by atoms with E-state index in [4.69, 9.17) is 4.74 Å². The van der Waals surface area contributed by atoms with Crippen LogP contribution in [0.4, 0.5) is 0 Å². The van der Waals surface area contributed by atoms with Gasteiger partial charge in [-0.05, 0) is 23.3 Å². The van der Waals surface area contributed by atoms with Gasteiger partial charge >= 0.3 is 5.97 Å². The van der Waals surface area contributed by atoms with Crippen LogP contribution in [0, 0.1) is 0 Å². The highest BCUT2D eigenvalue weighted by molar-refractivity contribution is 5.95. The number of carbonyl (C=O) groups excluding carboxylic acids is 1. The van der Waals surface area contributed by atoms with Crippen molar-refractivity contribution in [1.82, 2.24) is 4.98 Å². The number of hydrogen-bond donors (Lipinski definition) is 1. The third kappa shape index (κ3) is 2.69. The molecule has 4 heteroatoms. The smallest absolute Gasteiger partial charge is 0.308 e. The van der Waals surface area contributed by atoms with Gasteiger partial charge in [-0.25, -0.2) is 0 Å². The van der Waals surface area contributed by atoms with Crippen LogP contribution in [0.1, 0.15) is 6.92 Å². The van der Waals surface area contributed by atoms with E-state index in [1.54, 1.807) is 18.2 Å². The molecule has 0 aliphatic rings.